The molecule has 4 nitrogen and oxygen atoms in total. The number of fused-ring (bicyclic) bond motifs is 1. The maximum Gasteiger partial charge on any atom is 0.346 e. The highest BCUT2D eigenvalue weighted by molar-refractivity contribution is 7.99. The van der Waals surface area contributed by atoms with Crippen LogP contribution in [0.5, 0.6) is 5.75 Å². The second-order valence-corrected chi connectivity index (χ2v) is 12.7. The molecule has 1 atom stereocenters. The van der Waals surface area contributed by atoms with E-state index in [1.807, 2.05) is 30.5 Å². The van der Waals surface area contributed by atoms with Crippen LogP contribution in [0.2, 0.25) is 18.1 Å². The second kappa shape index (κ2) is 6.43. The molecule has 2 rings (SSSR count). The van der Waals surface area contributed by atoms with Crippen LogP contribution in [0.15, 0.2) is 24.3 Å². The van der Waals surface area contributed by atoms with Crippen molar-refractivity contribution in [2.75, 3.05) is 24.8 Å². The number of para-hydroxylation sites is 2. The molecule has 1 unspecified atom stereocenters. The largest absolute Gasteiger partial charge is 0.434 e. The van der Waals surface area contributed by atoms with Crippen LogP contribution in [0.3, 0.4) is 0 Å². The Labute approximate surface area is 139 Å². The van der Waals surface area contributed by atoms with Gasteiger partial charge in [0.1, 0.15) is 5.75 Å². The van der Waals surface area contributed by atoms with Crippen molar-refractivity contribution in [3.8, 4) is 5.75 Å². The molecule has 0 amide bonds. The molecule has 124 valence electrons. The fraction of sp³-hybridized carbons (Fsp3) is 0.625. The third-order valence-corrected chi connectivity index (χ3v) is 9.71. The summed E-state index contributed by atoms with van der Waals surface area (Å²) >= 11 is 1.50. The molecule has 1 aromatic carbocycles. The molecule has 1 aromatic rings. The van der Waals surface area contributed by atoms with Crippen molar-refractivity contribution in [1.82, 2.24) is 0 Å². The summed E-state index contributed by atoms with van der Waals surface area (Å²) in [5, 5.41) is 2.66. The Hall–Kier alpha value is -0.693. The number of anilines is 1. The average molecular weight is 342 g/mol. The first kappa shape index (κ1) is 17.7. The molecule has 0 aromatic heterocycles. The van der Waals surface area contributed by atoms with E-state index in [4.69, 9.17) is 13.9 Å². The molecule has 1 heterocycles. The fourth-order valence-corrected chi connectivity index (χ4v) is 3.51. The Balaban J connectivity index is 1.87. The summed E-state index contributed by atoms with van der Waals surface area (Å²) in [6.07, 6.45) is 1.97. The molecule has 1 aliphatic heterocycles. The van der Waals surface area contributed by atoms with Gasteiger partial charge in [0.05, 0.1) is 18.9 Å². The van der Waals surface area contributed by atoms with Crippen LogP contribution in [0.25, 0.3) is 0 Å². The molecular weight excluding hydrogens is 314 g/mol. The van der Waals surface area contributed by atoms with Crippen molar-refractivity contribution in [3.63, 3.8) is 0 Å². The van der Waals surface area contributed by atoms with Gasteiger partial charge in [0.2, 0.25) is 0 Å². The summed E-state index contributed by atoms with van der Waals surface area (Å²) in [6, 6.07) is 7.86. The molecule has 0 aliphatic carbocycles. The number of nitrogens with one attached hydrogen (secondary N) is 1. The van der Waals surface area contributed by atoms with Gasteiger partial charge >= 0.3 is 5.24 Å². The maximum atomic E-state index is 6.14. The minimum absolute atomic E-state index is 0.211. The predicted molar refractivity (Wildman–Crippen MR) is 96.0 cm³/mol. The SMILES string of the molecule is CSC1(OCCO[Si](C)(C)C(C)(C)C)Nc2ccccc2O1. The molecule has 22 heavy (non-hydrogen) atoms. The molecule has 0 saturated heterocycles. The molecule has 0 fully saturated rings. The second-order valence-electron chi connectivity index (χ2n) is 6.94. The van der Waals surface area contributed by atoms with Gasteiger partial charge in [0.15, 0.2) is 8.32 Å². The zero-order valence-electron chi connectivity index (χ0n) is 14.4. The van der Waals surface area contributed by atoms with Crippen molar-refractivity contribution >= 4 is 25.8 Å². The number of hydrogen-bond donors (Lipinski definition) is 1. The van der Waals surface area contributed by atoms with Crippen molar-refractivity contribution in [1.29, 1.82) is 0 Å². The number of ether oxygens (including phenoxy) is 2. The molecule has 0 radical (unpaired) electrons. The smallest absolute Gasteiger partial charge is 0.346 e. The zero-order valence-corrected chi connectivity index (χ0v) is 16.2. The van der Waals surface area contributed by atoms with E-state index >= 15 is 0 Å². The van der Waals surface area contributed by atoms with Gasteiger partial charge < -0.3 is 19.2 Å². The standard InChI is InChI=1S/C16H27NO3SSi/c1-15(2,3)22(5,6)19-12-11-18-16(21-4)17-13-9-7-8-10-14(13)20-16/h7-10,17H,11-12H2,1-6H3. The normalized spacial score (nSPS) is 21.2. The lowest BCUT2D eigenvalue weighted by Gasteiger charge is -2.36. The first-order valence-corrected chi connectivity index (χ1v) is 11.7. The Morgan fingerprint density at radius 1 is 1.23 bits per heavy atom. The summed E-state index contributed by atoms with van der Waals surface area (Å²) in [4.78, 5) is 0. The van der Waals surface area contributed by atoms with E-state index in [9.17, 15) is 0 Å². The highest BCUT2D eigenvalue weighted by Gasteiger charge is 2.40. The lowest BCUT2D eigenvalue weighted by atomic mass is 10.2. The summed E-state index contributed by atoms with van der Waals surface area (Å²) < 4.78 is 18.0. The van der Waals surface area contributed by atoms with E-state index in [2.05, 4.69) is 39.2 Å². The molecule has 0 spiro atoms. The Morgan fingerprint density at radius 2 is 1.91 bits per heavy atom. The summed E-state index contributed by atoms with van der Waals surface area (Å²) in [5.41, 5.74) is 0.960. The van der Waals surface area contributed by atoms with Gasteiger partial charge in [-0.15, -0.1) is 0 Å². The molecule has 6 heteroatoms. The fourth-order valence-electron chi connectivity index (χ4n) is 1.90. The quantitative estimate of drug-likeness (QED) is 0.468. The van der Waals surface area contributed by atoms with E-state index in [0.29, 0.717) is 13.2 Å². The van der Waals surface area contributed by atoms with Crippen LogP contribution >= 0.6 is 11.8 Å². The number of hydrogen-bond acceptors (Lipinski definition) is 5. The van der Waals surface area contributed by atoms with E-state index in [1.54, 1.807) is 0 Å². The van der Waals surface area contributed by atoms with Crippen LogP contribution in [0.4, 0.5) is 5.69 Å². The Bertz CT molecular complexity index is 491. The van der Waals surface area contributed by atoms with Gasteiger partial charge in [-0.05, 0) is 36.5 Å². The van der Waals surface area contributed by atoms with Gasteiger partial charge in [-0.2, -0.15) is 0 Å². The van der Waals surface area contributed by atoms with Crippen LogP contribution in [-0.4, -0.2) is 33.0 Å². The van der Waals surface area contributed by atoms with Crippen LogP contribution < -0.4 is 10.1 Å². The van der Waals surface area contributed by atoms with Gasteiger partial charge in [0.25, 0.3) is 0 Å². The van der Waals surface area contributed by atoms with Crippen molar-refractivity contribution in [2.24, 2.45) is 0 Å². The Kier molecular flexibility index (Phi) is 5.16. The topological polar surface area (TPSA) is 39.7 Å². The van der Waals surface area contributed by atoms with E-state index in [0.717, 1.165) is 11.4 Å². The van der Waals surface area contributed by atoms with Crippen molar-refractivity contribution in [2.45, 2.75) is 44.1 Å². The summed E-state index contributed by atoms with van der Waals surface area (Å²) in [7, 11) is -1.73. The maximum absolute atomic E-state index is 6.14. The van der Waals surface area contributed by atoms with Crippen LogP contribution in [0, 0.1) is 0 Å². The van der Waals surface area contributed by atoms with Gasteiger partial charge in [-0.1, -0.05) is 44.7 Å². The minimum Gasteiger partial charge on any atom is -0.434 e. The first-order chi connectivity index (χ1) is 10.2. The molecule has 0 saturated carbocycles. The minimum atomic E-state index is -1.73. The van der Waals surface area contributed by atoms with E-state index in [1.165, 1.54) is 11.8 Å². The number of rotatable bonds is 6. The molecular formula is C16H27NO3SSi. The van der Waals surface area contributed by atoms with Gasteiger partial charge in [0, 0.05) is 0 Å². The van der Waals surface area contributed by atoms with Crippen molar-refractivity contribution < 1.29 is 13.9 Å². The molecule has 1 N–H and O–H groups in total. The summed E-state index contributed by atoms with van der Waals surface area (Å²) in [6.45, 7) is 12.3. The highest BCUT2D eigenvalue weighted by Crippen LogP contribution is 2.41. The molecule has 1 aliphatic rings. The third-order valence-electron chi connectivity index (χ3n) is 4.33. The number of thioether (sulfide) groups is 1. The monoisotopic (exact) mass is 341 g/mol. The Morgan fingerprint density at radius 3 is 2.50 bits per heavy atom. The molecule has 0 bridgehead atoms. The predicted octanol–water partition coefficient (Wildman–Crippen LogP) is 4.50. The van der Waals surface area contributed by atoms with Crippen molar-refractivity contribution in [3.05, 3.63) is 24.3 Å². The van der Waals surface area contributed by atoms with Crippen LogP contribution in [0.1, 0.15) is 20.8 Å². The van der Waals surface area contributed by atoms with Gasteiger partial charge in [-0.25, -0.2) is 0 Å². The number of benzene rings is 1. The van der Waals surface area contributed by atoms with E-state index in [-0.39, 0.29) is 5.04 Å². The van der Waals surface area contributed by atoms with E-state index < -0.39 is 13.6 Å². The highest BCUT2D eigenvalue weighted by atomic mass is 32.2. The first-order valence-electron chi connectivity index (χ1n) is 7.58. The third kappa shape index (κ3) is 3.79. The average Bonchev–Trinajstić information content (AvgIpc) is 2.81. The van der Waals surface area contributed by atoms with Crippen LogP contribution in [-0.2, 0) is 9.16 Å². The lowest BCUT2D eigenvalue weighted by Crippen LogP contribution is -2.43. The lowest BCUT2D eigenvalue weighted by molar-refractivity contribution is -0.0876. The zero-order chi connectivity index (χ0) is 16.4. The van der Waals surface area contributed by atoms with Gasteiger partial charge in [-0.3, -0.25) is 0 Å². The summed E-state index contributed by atoms with van der Waals surface area (Å²) in [5.74, 6) is 0.821.